The molecule has 6 nitrogen and oxygen atoms in total. The molecule has 0 unspecified atom stereocenters. The quantitative estimate of drug-likeness (QED) is 0.637. The fourth-order valence-electron chi connectivity index (χ4n) is 3.21. The summed E-state index contributed by atoms with van der Waals surface area (Å²) in [6.45, 7) is 6.34. The lowest BCUT2D eigenvalue weighted by Crippen LogP contribution is -2.51. The van der Waals surface area contributed by atoms with Crippen molar-refractivity contribution in [1.82, 2.24) is 10.2 Å². The van der Waals surface area contributed by atoms with Crippen LogP contribution < -0.4 is 10.2 Å². The van der Waals surface area contributed by atoms with Gasteiger partial charge in [-0.1, -0.05) is 30.3 Å². The van der Waals surface area contributed by atoms with Crippen molar-refractivity contribution in [3.05, 3.63) is 65.2 Å². The molecule has 1 fully saturated rings. The van der Waals surface area contributed by atoms with Crippen molar-refractivity contribution in [2.24, 2.45) is 0 Å². The molecule has 0 atom stereocenters. The minimum absolute atomic E-state index is 0.166. The van der Waals surface area contributed by atoms with E-state index in [2.05, 4.69) is 22.3 Å². The Bertz CT molecular complexity index is 872. The van der Waals surface area contributed by atoms with Crippen LogP contribution in [0.1, 0.15) is 21.5 Å². The summed E-state index contributed by atoms with van der Waals surface area (Å²) >= 11 is 0. The van der Waals surface area contributed by atoms with E-state index in [9.17, 15) is 14.4 Å². The van der Waals surface area contributed by atoms with Crippen molar-refractivity contribution in [2.75, 3.05) is 37.6 Å². The number of nitrogens with one attached hydrogen (secondary N) is 1. The first-order chi connectivity index (χ1) is 13.5. The second-order valence-corrected chi connectivity index (χ2v) is 7.01. The van der Waals surface area contributed by atoms with E-state index in [1.54, 1.807) is 17.0 Å². The van der Waals surface area contributed by atoms with Crippen LogP contribution in [0.25, 0.3) is 0 Å². The van der Waals surface area contributed by atoms with E-state index in [-0.39, 0.29) is 12.5 Å². The van der Waals surface area contributed by atoms with Gasteiger partial charge >= 0.3 is 0 Å². The molecule has 1 saturated heterocycles. The summed E-state index contributed by atoms with van der Waals surface area (Å²) in [6, 6.07) is 15.2. The zero-order valence-corrected chi connectivity index (χ0v) is 16.3. The van der Waals surface area contributed by atoms with Gasteiger partial charge in [-0.05, 0) is 43.2 Å². The number of carbonyl (C=O) groups excluding carboxylic acids is 3. The largest absolute Gasteiger partial charge is 0.368 e. The first-order valence-electron chi connectivity index (χ1n) is 9.43. The van der Waals surface area contributed by atoms with E-state index in [4.69, 9.17) is 0 Å². The second kappa shape index (κ2) is 8.69. The molecule has 0 spiro atoms. The zero-order valence-electron chi connectivity index (χ0n) is 16.3. The van der Waals surface area contributed by atoms with Gasteiger partial charge in [0.15, 0.2) is 0 Å². The average molecular weight is 379 g/mol. The van der Waals surface area contributed by atoms with Gasteiger partial charge in [0.2, 0.25) is 11.7 Å². The lowest BCUT2D eigenvalue weighted by Gasteiger charge is -2.36. The molecule has 2 aromatic rings. The Morgan fingerprint density at radius 1 is 0.893 bits per heavy atom. The predicted molar refractivity (Wildman–Crippen MR) is 108 cm³/mol. The lowest BCUT2D eigenvalue weighted by molar-refractivity contribution is -0.132. The number of nitrogens with zero attached hydrogens (tertiary/aromatic N) is 2. The molecule has 146 valence electrons. The Kier molecular flexibility index (Phi) is 6.09. The maximum atomic E-state index is 12.4. The molecule has 1 aliphatic heterocycles. The Labute approximate surface area is 165 Å². The van der Waals surface area contributed by atoms with Gasteiger partial charge in [0.25, 0.3) is 5.91 Å². The highest BCUT2D eigenvalue weighted by atomic mass is 16.2. The number of hydrogen-bond acceptors (Lipinski definition) is 4. The minimum atomic E-state index is -0.750. The summed E-state index contributed by atoms with van der Waals surface area (Å²) in [5, 5.41) is 2.46. The predicted octanol–water partition coefficient (Wildman–Crippen LogP) is 1.95. The van der Waals surface area contributed by atoms with Crippen molar-refractivity contribution in [1.29, 1.82) is 0 Å². The molecule has 2 aromatic carbocycles. The Hall–Kier alpha value is -3.15. The molecule has 2 amide bonds. The number of carbonyl (C=O) groups is 3. The van der Waals surface area contributed by atoms with Gasteiger partial charge in [0.05, 0.1) is 6.54 Å². The lowest BCUT2D eigenvalue weighted by atomic mass is 10.0. The van der Waals surface area contributed by atoms with Crippen LogP contribution in [0.3, 0.4) is 0 Å². The van der Waals surface area contributed by atoms with Crippen LogP contribution in [0.2, 0.25) is 0 Å². The van der Waals surface area contributed by atoms with Gasteiger partial charge < -0.3 is 15.1 Å². The number of benzene rings is 2. The molecule has 1 N–H and O–H groups in total. The maximum absolute atomic E-state index is 12.4. The van der Waals surface area contributed by atoms with Crippen molar-refractivity contribution in [3.8, 4) is 0 Å². The molecule has 0 saturated carbocycles. The van der Waals surface area contributed by atoms with Gasteiger partial charge in [0, 0.05) is 37.4 Å². The fraction of sp³-hybridized carbons (Fsp3) is 0.318. The Balaban J connectivity index is 1.48. The number of para-hydroxylation sites is 1. The zero-order chi connectivity index (χ0) is 20.1. The van der Waals surface area contributed by atoms with Crippen LogP contribution in [0.5, 0.6) is 0 Å². The molecule has 3 rings (SSSR count). The standard InChI is InChI=1S/C22H25N3O3/c1-16-8-9-18(14-17(16)2)21(27)22(28)23-15-20(26)25-12-10-24(11-13-25)19-6-4-3-5-7-19/h3-9,14H,10-13,15H2,1-2H3,(H,23,28). The monoisotopic (exact) mass is 379 g/mol. The second-order valence-electron chi connectivity index (χ2n) is 7.01. The fourth-order valence-corrected chi connectivity index (χ4v) is 3.21. The van der Waals surface area contributed by atoms with Gasteiger partial charge in [-0.3, -0.25) is 14.4 Å². The molecule has 0 radical (unpaired) electrons. The number of amides is 2. The van der Waals surface area contributed by atoms with Gasteiger partial charge in [0.1, 0.15) is 0 Å². The summed E-state index contributed by atoms with van der Waals surface area (Å²) in [7, 11) is 0. The molecule has 0 bridgehead atoms. The van der Waals surface area contributed by atoms with E-state index in [0.717, 1.165) is 29.9 Å². The van der Waals surface area contributed by atoms with E-state index in [0.29, 0.717) is 18.7 Å². The first kappa shape index (κ1) is 19.6. The number of hydrogen-bond donors (Lipinski definition) is 1. The summed E-state index contributed by atoms with van der Waals surface area (Å²) in [6.07, 6.45) is 0. The normalized spacial score (nSPS) is 13.9. The average Bonchev–Trinajstić information content (AvgIpc) is 2.74. The molecule has 6 heteroatoms. The highest BCUT2D eigenvalue weighted by Crippen LogP contribution is 2.15. The number of aryl methyl sites for hydroxylation is 2. The van der Waals surface area contributed by atoms with Crippen LogP contribution in [0, 0.1) is 13.8 Å². The molecule has 1 heterocycles. The molecule has 1 aliphatic rings. The summed E-state index contributed by atoms with van der Waals surface area (Å²) in [5.74, 6) is -1.54. The SMILES string of the molecule is Cc1ccc(C(=O)C(=O)NCC(=O)N2CCN(c3ccccc3)CC2)cc1C. The smallest absolute Gasteiger partial charge is 0.292 e. The van der Waals surface area contributed by atoms with Crippen LogP contribution in [-0.2, 0) is 9.59 Å². The maximum Gasteiger partial charge on any atom is 0.292 e. The van der Waals surface area contributed by atoms with E-state index >= 15 is 0 Å². The van der Waals surface area contributed by atoms with Crippen LogP contribution in [0.15, 0.2) is 48.5 Å². The highest BCUT2D eigenvalue weighted by Gasteiger charge is 2.23. The Morgan fingerprint density at radius 3 is 2.21 bits per heavy atom. The van der Waals surface area contributed by atoms with Gasteiger partial charge in [-0.15, -0.1) is 0 Å². The summed E-state index contributed by atoms with van der Waals surface area (Å²) in [4.78, 5) is 40.7. The highest BCUT2D eigenvalue weighted by molar-refractivity contribution is 6.43. The topological polar surface area (TPSA) is 69.7 Å². The van der Waals surface area contributed by atoms with Crippen molar-refractivity contribution >= 4 is 23.3 Å². The third-order valence-corrected chi connectivity index (χ3v) is 5.13. The molecular formula is C22H25N3O3. The van der Waals surface area contributed by atoms with Gasteiger partial charge in [-0.2, -0.15) is 0 Å². The summed E-state index contributed by atoms with van der Waals surface area (Å²) in [5.41, 5.74) is 3.49. The van der Waals surface area contributed by atoms with E-state index in [1.807, 2.05) is 38.1 Å². The molecular weight excluding hydrogens is 354 g/mol. The van der Waals surface area contributed by atoms with Gasteiger partial charge in [-0.25, -0.2) is 0 Å². The number of anilines is 1. The molecule has 28 heavy (non-hydrogen) atoms. The number of rotatable bonds is 5. The minimum Gasteiger partial charge on any atom is -0.368 e. The van der Waals surface area contributed by atoms with Crippen LogP contribution in [0.4, 0.5) is 5.69 Å². The third kappa shape index (κ3) is 4.57. The molecule has 0 aromatic heterocycles. The first-order valence-corrected chi connectivity index (χ1v) is 9.43. The van der Waals surface area contributed by atoms with Crippen LogP contribution in [-0.4, -0.2) is 55.2 Å². The van der Waals surface area contributed by atoms with Crippen LogP contribution >= 0.6 is 0 Å². The third-order valence-electron chi connectivity index (χ3n) is 5.13. The van der Waals surface area contributed by atoms with Crippen molar-refractivity contribution in [2.45, 2.75) is 13.8 Å². The summed E-state index contributed by atoms with van der Waals surface area (Å²) < 4.78 is 0. The molecule has 0 aliphatic carbocycles. The van der Waals surface area contributed by atoms with Crippen molar-refractivity contribution < 1.29 is 14.4 Å². The number of piperazine rings is 1. The van der Waals surface area contributed by atoms with Crippen molar-refractivity contribution in [3.63, 3.8) is 0 Å². The number of ketones is 1. The Morgan fingerprint density at radius 2 is 1.57 bits per heavy atom. The number of Topliss-reactive ketones (excluding diaryl/α,β-unsaturated/α-hetero) is 1. The van der Waals surface area contributed by atoms with E-state index < -0.39 is 11.7 Å². The van der Waals surface area contributed by atoms with E-state index in [1.165, 1.54) is 0 Å².